The molecule has 1 aliphatic rings. The Kier molecular flexibility index (Phi) is 7.54. The molecular weight excluding hydrogens is 382 g/mol. The first-order valence-corrected chi connectivity index (χ1v) is 10.2. The van der Waals surface area contributed by atoms with E-state index in [1.807, 2.05) is 60.7 Å². The monoisotopic (exact) mass is 411 g/mol. The molecule has 1 aliphatic heterocycles. The number of hydrogen-bond donors (Lipinski definition) is 0. The number of hydrogen-bond acceptors (Lipinski definition) is 6. The normalized spacial score (nSPS) is 17.2. The van der Waals surface area contributed by atoms with Crippen molar-refractivity contribution < 1.29 is 14.5 Å². The van der Waals surface area contributed by atoms with Gasteiger partial charge in [0, 0.05) is 37.5 Å². The zero-order valence-corrected chi connectivity index (χ0v) is 17.4. The van der Waals surface area contributed by atoms with E-state index >= 15 is 0 Å². The predicted molar refractivity (Wildman–Crippen MR) is 114 cm³/mol. The summed E-state index contributed by atoms with van der Waals surface area (Å²) in [5, 5.41) is 12.3. The number of benzene rings is 2. The van der Waals surface area contributed by atoms with Crippen LogP contribution in [0.5, 0.6) is 0 Å². The molecule has 1 saturated heterocycles. The van der Waals surface area contributed by atoms with Crippen molar-refractivity contribution in [1.29, 1.82) is 0 Å². The van der Waals surface area contributed by atoms with Gasteiger partial charge < -0.3 is 4.74 Å². The Hall–Kier alpha value is -2.77. The molecule has 0 radical (unpaired) electrons. The second-order valence-electron chi connectivity index (χ2n) is 7.95. The zero-order valence-electron chi connectivity index (χ0n) is 17.4. The molecule has 1 fully saturated rings. The fraction of sp³-hybridized carbons (Fsp3) is 0.435. The molecule has 0 atom stereocenters. The van der Waals surface area contributed by atoms with Crippen LogP contribution in [-0.4, -0.2) is 59.5 Å². The largest absolute Gasteiger partial charge is 0.469 e. The molecule has 0 spiro atoms. The van der Waals surface area contributed by atoms with Gasteiger partial charge >= 0.3 is 5.97 Å². The molecule has 1 heterocycles. The van der Waals surface area contributed by atoms with Gasteiger partial charge in [0.05, 0.1) is 26.6 Å². The van der Waals surface area contributed by atoms with Crippen LogP contribution in [0.15, 0.2) is 60.7 Å². The summed E-state index contributed by atoms with van der Waals surface area (Å²) < 4.78 is 4.75. The highest BCUT2D eigenvalue weighted by molar-refractivity contribution is 5.69. The fourth-order valence-electron chi connectivity index (χ4n) is 4.08. The van der Waals surface area contributed by atoms with Gasteiger partial charge in [-0.05, 0) is 11.1 Å². The molecule has 0 amide bonds. The van der Waals surface area contributed by atoms with E-state index in [1.54, 1.807) is 0 Å². The van der Waals surface area contributed by atoms with E-state index in [1.165, 1.54) is 7.11 Å². The average Bonchev–Trinajstić information content (AvgIpc) is 2.93. The van der Waals surface area contributed by atoms with E-state index in [9.17, 15) is 14.9 Å². The second-order valence-corrected chi connectivity index (χ2v) is 7.95. The van der Waals surface area contributed by atoms with Gasteiger partial charge in [0.15, 0.2) is 0 Å². The summed E-state index contributed by atoms with van der Waals surface area (Å²) in [4.78, 5) is 28.2. The van der Waals surface area contributed by atoms with E-state index in [0.29, 0.717) is 26.2 Å². The Labute approximate surface area is 177 Å². The minimum Gasteiger partial charge on any atom is -0.469 e. The minimum atomic E-state index is -1.23. The molecule has 30 heavy (non-hydrogen) atoms. The first-order chi connectivity index (χ1) is 14.5. The Bertz CT molecular complexity index is 777. The number of nitro groups is 1. The highest BCUT2D eigenvalue weighted by atomic mass is 16.6. The van der Waals surface area contributed by atoms with Crippen molar-refractivity contribution in [2.75, 3.05) is 33.3 Å². The van der Waals surface area contributed by atoms with Crippen molar-refractivity contribution >= 4 is 5.97 Å². The summed E-state index contributed by atoms with van der Waals surface area (Å²) in [5.74, 6) is -0.412. The van der Waals surface area contributed by atoms with Crippen LogP contribution in [0.4, 0.5) is 0 Å². The van der Waals surface area contributed by atoms with Crippen LogP contribution < -0.4 is 0 Å². The van der Waals surface area contributed by atoms with Crippen LogP contribution in [0.1, 0.15) is 24.0 Å². The van der Waals surface area contributed by atoms with Gasteiger partial charge in [0.2, 0.25) is 5.54 Å². The fourth-order valence-corrected chi connectivity index (χ4v) is 4.08. The molecule has 0 aromatic heterocycles. The lowest BCUT2D eigenvalue weighted by Gasteiger charge is -2.30. The smallest absolute Gasteiger partial charge is 0.305 e. The minimum absolute atomic E-state index is 0.0375. The topological polar surface area (TPSA) is 75.9 Å². The first-order valence-electron chi connectivity index (χ1n) is 10.2. The highest BCUT2D eigenvalue weighted by Crippen LogP contribution is 2.26. The lowest BCUT2D eigenvalue weighted by Crippen LogP contribution is -2.53. The van der Waals surface area contributed by atoms with Gasteiger partial charge in [-0.3, -0.25) is 24.7 Å². The van der Waals surface area contributed by atoms with Gasteiger partial charge in [-0.2, -0.15) is 0 Å². The number of carbonyl (C=O) groups is 1. The molecular formula is C23H29N3O4. The number of ether oxygens (including phenoxy) is 1. The van der Waals surface area contributed by atoms with Crippen molar-refractivity contribution in [3.8, 4) is 0 Å². The quantitative estimate of drug-likeness (QED) is 0.378. The van der Waals surface area contributed by atoms with Gasteiger partial charge in [0.1, 0.15) is 0 Å². The van der Waals surface area contributed by atoms with E-state index in [0.717, 1.165) is 24.2 Å². The molecule has 3 rings (SSSR count). The maximum Gasteiger partial charge on any atom is 0.305 e. The summed E-state index contributed by atoms with van der Waals surface area (Å²) in [6, 6.07) is 20.0. The third-order valence-corrected chi connectivity index (χ3v) is 5.68. The van der Waals surface area contributed by atoms with E-state index in [2.05, 4.69) is 9.80 Å². The number of nitrogens with zero attached hydrogens (tertiary/aromatic N) is 3. The summed E-state index contributed by atoms with van der Waals surface area (Å²) >= 11 is 0. The number of carbonyl (C=O) groups excluding carboxylic acids is 1. The van der Waals surface area contributed by atoms with E-state index in [-0.39, 0.29) is 17.8 Å². The Morgan fingerprint density at radius 1 is 0.967 bits per heavy atom. The molecule has 0 unspecified atom stereocenters. The lowest BCUT2D eigenvalue weighted by atomic mass is 9.92. The third-order valence-electron chi connectivity index (χ3n) is 5.68. The molecule has 7 heteroatoms. The number of methoxy groups -OCH3 is 1. The Morgan fingerprint density at radius 3 is 1.83 bits per heavy atom. The maximum atomic E-state index is 12.3. The van der Waals surface area contributed by atoms with Crippen molar-refractivity contribution in [3.63, 3.8) is 0 Å². The Morgan fingerprint density at radius 2 is 1.43 bits per heavy atom. The number of rotatable bonds is 8. The SMILES string of the molecule is COC(=O)CCC1([N+](=O)[O-])CN(Cc2ccccc2)CCN(Cc2ccccc2)C1. The van der Waals surface area contributed by atoms with Crippen molar-refractivity contribution in [2.24, 2.45) is 0 Å². The van der Waals surface area contributed by atoms with E-state index in [4.69, 9.17) is 4.74 Å². The molecule has 0 bridgehead atoms. The van der Waals surface area contributed by atoms with Gasteiger partial charge in [-0.25, -0.2) is 0 Å². The van der Waals surface area contributed by atoms with Crippen LogP contribution in [0.25, 0.3) is 0 Å². The highest BCUT2D eigenvalue weighted by Gasteiger charge is 2.47. The summed E-state index contributed by atoms with van der Waals surface area (Å²) in [7, 11) is 1.32. The standard InChI is InChI=1S/C23H29N3O4/c1-30-22(27)12-13-23(26(28)29)18-24(16-20-8-4-2-5-9-20)14-15-25(19-23)17-21-10-6-3-7-11-21/h2-11H,12-19H2,1H3. The second kappa shape index (κ2) is 10.3. The van der Waals surface area contributed by atoms with Crippen molar-refractivity contribution in [2.45, 2.75) is 31.5 Å². The van der Waals surface area contributed by atoms with E-state index < -0.39 is 11.5 Å². The van der Waals surface area contributed by atoms with Gasteiger partial charge in [0.25, 0.3) is 0 Å². The molecule has 7 nitrogen and oxygen atoms in total. The number of esters is 1. The summed E-state index contributed by atoms with van der Waals surface area (Å²) in [5.41, 5.74) is 1.02. The van der Waals surface area contributed by atoms with Crippen LogP contribution in [0, 0.1) is 10.1 Å². The summed E-state index contributed by atoms with van der Waals surface area (Å²) in [6.45, 7) is 3.36. The predicted octanol–water partition coefficient (Wildman–Crippen LogP) is 2.97. The first kappa shape index (κ1) is 21.9. The molecule has 0 aliphatic carbocycles. The zero-order chi connectivity index (χ0) is 21.4. The van der Waals surface area contributed by atoms with Gasteiger partial charge in [-0.1, -0.05) is 60.7 Å². The van der Waals surface area contributed by atoms with Crippen LogP contribution >= 0.6 is 0 Å². The van der Waals surface area contributed by atoms with Crippen LogP contribution in [0.2, 0.25) is 0 Å². The molecule has 0 N–H and O–H groups in total. The molecule has 2 aromatic carbocycles. The van der Waals surface area contributed by atoms with Gasteiger partial charge in [-0.15, -0.1) is 0 Å². The average molecular weight is 412 g/mol. The maximum absolute atomic E-state index is 12.3. The van der Waals surface area contributed by atoms with Crippen molar-refractivity contribution in [3.05, 3.63) is 81.9 Å². The summed E-state index contributed by atoms with van der Waals surface area (Å²) in [6.07, 6.45) is 0.194. The lowest BCUT2D eigenvalue weighted by molar-refractivity contribution is -0.571. The Balaban J connectivity index is 1.83. The van der Waals surface area contributed by atoms with Crippen molar-refractivity contribution in [1.82, 2.24) is 9.80 Å². The van der Waals surface area contributed by atoms with Crippen LogP contribution in [0.3, 0.4) is 0 Å². The molecule has 2 aromatic rings. The molecule has 160 valence electrons. The van der Waals surface area contributed by atoms with Crippen LogP contribution in [-0.2, 0) is 22.6 Å². The third kappa shape index (κ3) is 5.87. The molecule has 0 saturated carbocycles.